The molecule has 3 aromatic rings. The molecule has 0 radical (unpaired) electrons. The van der Waals surface area contributed by atoms with Crippen LogP contribution < -0.4 is 17.1 Å². The Hall–Kier alpha value is -2.83. The zero-order chi connectivity index (χ0) is 12.7. The Morgan fingerprint density at radius 2 is 1.83 bits per heavy atom. The molecule has 0 spiro atoms. The SMILES string of the molecule is Nc1ccc(-n2c(=O)[nH][nH]c2=O)c2cccnc12. The van der Waals surface area contributed by atoms with Gasteiger partial charge in [-0.1, -0.05) is 0 Å². The summed E-state index contributed by atoms with van der Waals surface area (Å²) >= 11 is 0. The second-order valence-electron chi connectivity index (χ2n) is 3.77. The summed E-state index contributed by atoms with van der Waals surface area (Å²) in [4.78, 5) is 27.3. The molecular formula is C11H9N5O2. The number of nitrogens with zero attached hydrogens (tertiary/aromatic N) is 2. The van der Waals surface area contributed by atoms with Crippen LogP contribution in [-0.2, 0) is 0 Å². The van der Waals surface area contributed by atoms with Gasteiger partial charge in [0.2, 0.25) is 0 Å². The molecule has 0 aliphatic heterocycles. The summed E-state index contributed by atoms with van der Waals surface area (Å²) < 4.78 is 1.00. The maximum Gasteiger partial charge on any atom is 0.349 e. The first-order valence-corrected chi connectivity index (χ1v) is 5.22. The lowest BCUT2D eigenvalue weighted by molar-refractivity contribution is 0.960. The molecule has 90 valence electrons. The van der Waals surface area contributed by atoms with E-state index >= 15 is 0 Å². The molecular weight excluding hydrogens is 234 g/mol. The molecule has 4 N–H and O–H groups in total. The van der Waals surface area contributed by atoms with Crippen LogP contribution in [0.15, 0.2) is 40.1 Å². The summed E-state index contributed by atoms with van der Waals surface area (Å²) in [5, 5.41) is 5.11. The smallest absolute Gasteiger partial charge is 0.349 e. The standard InChI is InChI=1S/C11H9N5O2/c12-7-3-4-8(6-2-1-5-13-9(6)7)16-10(17)14-15-11(16)18/h1-5H,12H2,(H,14,17)(H,15,18). The Morgan fingerprint density at radius 1 is 1.11 bits per heavy atom. The van der Waals surface area contributed by atoms with Crippen molar-refractivity contribution in [1.29, 1.82) is 0 Å². The van der Waals surface area contributed by atoms with Crippen molar-refractivity contribution in [2.24, 2.45) is 0 Å². The van der Waals surface area contributed by atoms with E-state index in [2.05, 4.69) is 15.2 Å². The average molecular weight is 243 g/mol. The van der Waals surface area contributed by atoms with E-state index in [1.54, 1.807) is 30.5 Å². The first kappa shape index (κ1) is 10.3. The van der Waals surface area contributed by atoms with Crippen LogP contribution in [0.1, 0.15) is 0 Å². The Labute approximate surface area is 99.9 Å². The molecule has 3 rings (SSSR count). The zero-order valence-corrected chi connectivity index (χ0v) is 9.18. The lowest BCUT2D eigenvalue weighted by atomic mass is 10.1. The van der Waals surface area contributed by atoms with E-state index in [4.69, 9.17) is 5.73 Å². The molecule has 0 saturated carbocycles. The predicted octanol–water partition coefficient (Wildman–Crippen LogP) is -0.0157. The van der Waals surface area contributed by atoms with E-state index in [-0.39, 0.29) is 0 Å². The van der Waals surface area contributed by atoms with Gasteiger partial charge in [-0.05, 0) is 24.3 Å². The number of aromatic nitrogens is 4. The highest BCUT2D eigenvalue weighted by atomic mass is 16.2. The van der Waals surface area contributed by atoms with Crippen molar-refractivity contribution in [2.75, 3.05) is 5.73 Å². The maximum absolute atomic E-state index is 11.6. The van der Waals surface area contributed by atoms with Gasteiger partial charge in [-0.2, -0.15) is 0 Å². The molecule has 2 heterocycles. The number of anilines is 1. The third kappa shape index (κ3) is 1.34. The largest absolute Gasteiger partial charge is 0.397 e. The minimum absolute atomic E-state index is 0.444. The summed E-state index contributed by atoms with van der Waals surface area (Å²) in [7, 11) is 0. The highest BCUT2D eigenvalue weighted by Crippen LogP contribution is 2.23. The molecule has 0 aliphatic carbocycles. The van der Waals surface area contributed by atoms with Crippen LogP contribution in [0.2, 0.25) is 0 Å². The van der Waals surface area contributed by atoms with Crippen molar-refractivity contribution in [3.05, 3.63) is 51.4 Å². The second-order valence-corrected chi connectivity index (χ2v) is 3.77. The van der Waals surface area contributed by atoms with Gasteiger partial charge in [0.25, 0.3) is 0 Å². The van der Waals surface area contributed by atoms with Gasteiger partial charge in [-0.15, -0.1) is 0 Å². The molecule has 1 aromatic carbocycles. The molecule has 0 bridgehead atoms. The van der Waals surface area contributed by atoms with Gasteiger partial charge in [-0.3, -0.25) is 4.98 Å². The molecule has 0 fully saturated rings. The molecule has 0 aliphatic rings. The summed E-state index contributed by atoms with van der Waals surface area (Å²) in [5.74, 6) is 0. The lowest BCUT2D eigenvalue weighted by Crippen LogP contribution is -2.24. The molecule has 0 saturated heterocycles. The summed E-state index contributed by atoms with van der Waals surface area (Å²) in [6.45, 7) is 0. The fraction of sp³-hybridized carbons (Fsp3) is 0. The van der Waals surface area contributed by atoms with Crippen LogP contribution in [0.3, 0.4) is 0 Å². The Morgan fingerprint density at radius 3 is 2.56 bits per heavy atom. The fourth-order valence-corrected chi connectivity index (χ4v) is 1.90. The number of rotatable bonds is 1. The second kappa shape index (κ2) is 3.59. The van der Waals surface area contributed by atoms with Crippen LogP contribution in [-0.4, -0.2) is 19.7 Å². The van der Waals surface area contributed by atoms with Crippen LogP contribution in [0, 0.1) is 0 Å². The van der Waals surface area contributed by atoms with Gasteiger partial charge in [0.05, 0.1) is 16.9 Å². The first-order valence-electron chi connectivity index (χ1n) is 5.22. The third-order valence-electron chi connectivity index (χ3n) is 2.70. The Bertz CT molecular complexity index is 815. The van der Waals surface area contributed by atoms with Gasteiger partial charge < -0.3 is 5.73 Å². The number of H-pyrrole nitrogens is 2. The van der Waals surface area contributed by atoms with Crippen molar-refractivity contribution in [1.82, 2.24) is 19.7 Å². The number of nitrogens with one attached hydrogen (secondary N) is 2. The summed E-state index contributed by atoms with van der Waals surface area (Å²) in [6.07, 6.45) is 1.60. The van der Waals surface area contributed by atoms with Crippen LogP contribution >= 0.6 is 0 Å². The summed E-state index contributed by atoms with van der Waals surface area (Å²) in [6, 6.07) is 6.71. The number of nitrogens with two attached hydrogens (primary N) is 1. The van der Waals surface area contributed by atoms with E-state index < -0.39 is 11.4 Å². The Balaban J connectivity index is 2.49. The van der Waals surface area contributed by atoms with Crippen LogP contribution in [0.25, 0.3) is 16.6 Å². The first-order chi connectivity index (χ1) is 8.68. The van der Waals surface area contributed by atoms with E-state index in [0.717, 1.165) is 4.57 Å². The molecule has 7 heteroatoms. The molecule has 0 amide bonds. The maximum atomic E-state index is 11.6. The number of nitrogen functional groups attached to an aromatic ring is 1. The number of pyridine rings is 1. The van der Waals surface area contributed by atoms with Crippen molar-refractivity contribution >= 4 is 16.6 Å². The zero-order valence-electron chi connectivity index (χ0n) is 9.18. The average Bonchev–Trinajstić information content (AvgIpc) is 2.71. The van der Waals surface area contributed by atoms with Gasteiger partial charge in [0.15, 0.2) is 0 Å². The van der Waals surface area contributed by atoms with Crippen LogP contribution in [0.5, 0.6) is 0 Å². The minimum atomic E-state index is -0.532. The number of hydrogen-bond acceptors (Lipinski definition) is 4. The van der Waals surface area contributed by atoms with E-state index in [9.17, 15) is 9.59 Å². The molecule has 0 unspecified atom stereocenters. The van der Waals surface area contributed by atoms with Gasteiger partial charge >= 0.3 is 11.4 Å². The van der Waals surface area contributed by atoms with Crippen molar-refractivity contribution in [3.63, 3.8) is 0 Å². The topological polar surface area (TPSA) is 110 Å². The molecule has 0 atom stereocenters. The third-order valence-corrected chi connectivity index (χ3v) is 2.70. The minimum Gasteiger partial charge on any atom is -0.397 e. The molecule has 2 aromatic heterocycles. The molecule has 7 nitrogen and oxygen atoms in total. The number of benzene rings is 1. The van der Waals surface area contributed by atoms with E-state index in [1.165, 1.54) is 0 Å². The van der Waals surface area contributed by atoms with Gasteiger partial charge in [-0.25, -0.2) is 24.4 Å². The quantitative estimate of drug-likeness (QED) is 0.522. The normalized spacial score (nSPS) is 10.9. The number of aromatic amines is 2. The number of fused-ring (bicyclic) bond motifs is 1. The van der Waals surface area contributed by atoms with Crippen LogP contribution in [0.4, 0.5) is 5.69 Å². The fourth-order valence-electron chi connectivity index (χ4n) is 1.90. The van der Waals surface area contributed by atoms with Gasteiger partial charge in [0, 0.05) is 11.6 Å². The highest BCUT2D eigenvalue weighted by Gasteiger charge is 2.11. The van der Waals surface area contributed by atoms with Crippen molar-refractivity contribution in [2.45, 2.75) is 0 Å². The summed E-state index contributed by atoms with van der Waals surface area (Å²) in [5.41, 5.74) is 6.24. The van der Waals surface area contributed by atoms with Crippen molar-refractivity contribution < 1.29 is 0 Å². The highest BCUT2D eigenvalue weighted by molar-refractivity contribution is 5.95. The molecule has 18 heavy (non-hydrogen) atoms. The van der Waals surface area contributed by atoms with Crippen molar-refractivity contribution in [3.8, 4) is 5.69 Å². The predicted molar refractivity (Wildman–Crippen MR) is 66.7 cm³/mol. The number of hydrogen-bond donors (Lipinski definition) is 3. The monoisotopic (exact) mass is 243 g/mol. The van der Waals surface area contributed by atoms with Gasteiger partial charge in [0.1, 0.15) is 0 Å². The van der Waals surface area contributed by atoms with E-state index in [0.29, 0.717) is 22.3 Å². The lowest BCUT2D eigenvalue weighted by Gasteiger charge is -2.06. The Kier molecular flexibility index (Phi) is 2.06. The van der Waals surface area contributed by atoms with E-state index in [1.807, 2.05) is 0 Å².